The lowest BCUT2D eigenvalue weighted by atomic mass is 10.1. The van der Waals surface area contributed by atoms with Gasteiger partial charge in [0.1, 0.15) is 11.6 Å². The highest BCUT2D eigenvalue weighted by molar-refractivity contribution is 9.10. The van der Waals surface area contributed by atoms with Gasteiger partial charge in [-0.2, -0.15) is 5.26 Å². The summed E-state index contributed by atoms with van der Waals surface area (Å²) in [7, 11) is 0. The van der Waals surface area contributed by atoms with Gasteiger partial charge >= 0.3 is 0 Å². The number of rotatable bonds is 2. The molecule has 2 N–H and O–H groups in total. The van der Waals surface area contributed by atoms with Gasteiger partial charge in [0.25, 0.3) is 5.91 Å². The van der Waals surface area contributed by atoms with Crippen molar-refractivity contribution in [2.24, 2.45) is 5.73 Å². The minimum absolute atomic E-state index is 0.0488. The minimum Gasteiger partial charge on any atom is -0.365 e. The molecule has 1 rings (SSSR count). The van der Waals surface area contributed by atoms with Crippen molar-refractivity contribution in [3.8, 4) is 6.07 Å². The van der Waals surface area contributed by atoms with Gasteiger partial charge < -0.3 is 5.73 Å². The molecule has 1 amide bonds. The van der Waals surface area contributed by atoms with Gasteiger partial charge in [0.15, 0.2) is 0 Å². The summed E-state index contributed by atoms with van der Waals surface area (Å²) in [6, 6.07) is 8.95. The fraction of sp³-hybridized carbons (Fsp3) is 0. The molecule has 0 bridgehead atoms. The van der Waals surface area contributed by atoms with Crippen molar-refractivity contribution in [2.45, 2.75) is 0 Å². The molecule has 1 aromatic rings. The maximum Gasteiger partial charge on any atom is 0.259 e. The summed E-state index contributed by atoms with van der Waals surface area (Å²) in [6.07, 6.45) is 1.45. The average molecular weight is 251 g/mol. The highest BCUT2D eigenvalue weighted by Gasteiger charge is 2.02. The number of nitrogens with two attached hydrogens (primary N) is 1. The van der Waals surface area contributed by atoms with E-state index >= 15 is 0 Å². The van der Waals surface area contributed by atoms with Gasteiger partial charge in [-0.1, -0.05) is 28.1 Å². The third-order valence-corrected chi connectivity index (χ3v) is 2.10. The number of halogens is 1. The quantitative estimate of drug-likeness (QED) is 0.643. The number of primary amides is 1. The molecule has 0 aliphatic rings. The molecule has 70 valence electrons. The standard InChI is InChI=1S/C10H7BrN2O/c11-9-3-1-7(2-4-9)5-8(6-12)10(13)14/h1-5H,(H2,13,14)/b8-5-. The van der Waals surface area contributed by atoms with Crippen molar-refractivity contribution in [2.75, 3.05) is 0 Å². The third kappa shape index (κ3) is 2.71. The first-order chi connectivity index (χ1) is 6.63. The van der Waals surface area contributed by atoms with Crippen molar-refractivity contribution in [3.05, 3.63) is 39.9 Å². The maximum absolute atomic E-state index is 10.7. The van der Waals surface area contributed by atoms with Gasteiger partial charge in [0.05, 0.1) is 0 Å². The van der Waals surface area contributed by atoms with E-state index in [0.717, 1.165) is 10.0 Å². The summed E-state index contributed by atoms with van der Waals surface area (Å²) in [5, 5.41) is 8.58. The molecule has 0 heterocycles. The van der Waals surface area contributed by atoms with Crippen molar-refractivity contribution in [3.63, 3.8) is 0 Å². The molecule has 1 aromatic carbocycles. The fourth-order valence-electron chi connectivity index (χ4n) is 0.884. The van der Waals surface area contributed by atoms with Crippen molar-refractivity contribution < 1.29 is 4.79 Å². The number of hydrogen-bond donors (Lipinski definition) is 1. The topological polar surface area (TPSA) is 66.9 Å². The number of carbonyl (C=O) groups excluding carboxylic acids is 1. The minimum atomic E-state index is -0.713. The smallest absolute Gasteiger partial charge is 0.259 e. The highest BCUT2D eigenvalue weighted by Crippen LogP contribution is 2.12. The van der Waals surface area contributed by atoms with E-state index in [2.05, 4.69) is 15.9 Å². The molecule has 0 aliphatic carbocycles. The van der Waals surface area contributed by atoms with Crippen LogP contribution in [0.2, 0.25) is 0 Å². The second kappa shape index (κ2) is 4.58. The number of amides is 1. The van der Waals surface area contributed by atoms with Crippen LogP contribution in [0.1, 0.15) is 5.56 Å². The summed E-state index contributed by atoms with van der Waals surface area (Å²) in [5.74, 6) is -0.713. The second-order valence-electron chi connectivity index (χ2n) is 2.59. The summed E-state index contributed by atoms with van der Waals surface area (Å²) < 4.78 is 0.937. The van der Waals surface area contributed by atoms with Gasteiger partial charge in [-0.05, 0) is 23.8 Å². The molecule has 0 aromatic heterocycles. The molecule has 0 spiro atoms. The Hall–Kier alpha value is -1.60. The largest absolute Gasteiger partial charge is 0.365 e. The lowest BCUT2D eigenvalue weighted by Crippen LogP contribution is -2.12. The number of benzene rings is 1. The SMILES string of the molecule is N#C/C(=C/c1ccc(Br)cc1)C(N)=O. The van der Waals surface area contributed by atoms with Crippen LogP contribution in [0, 0.1) is 11.3 Å². The van der Waals surface area contributed by atoms with Gasteiger partial charge in [0, 0.05) is 4.47 Å². The van der Waals surface area contributed by atoms with Crippen LogP contribution in [0.4, 0.5) is 0 Å². The van der Waals surface area contributed by atoms with Crippen LogP contribution >= 0.6 is 15.9 Å². The average Bonchev–Trinajstić information content (AvgIpc) is 2.16. The molecule has 3 nitrogen and oxygen atoms in total. The van der Waals surface area contributed by atoms with Crippen molar-refractivity contribution in [1.29, 1.82) is 5.26 Å². The summed E-state index contributed by atoms with van der Waals surface area (Å²) in [6.45, 7) is 0. The molecule has 0 aliphatic heterocycles. The Labute approximate surface area is 90.0 Å². The molecule has 0 unspecified atom stereocenters. The van der Waals surface area contributed by atoms with Gasteiger partial charge in [0.2, 0.25) is 0 Å². The molecule has 4 heteroatoms. The molecular weight excluding hydrogens is 244 g/mol. The van der Waals surface area contributed by atoms with E-state index in [1.807, 2.05) is 12.1 Å². The first-order valence-corrected chi connectivity index (χ1v) is 4.60. The lowest BCUT2D eigenvalue weighted by molar-refractivity contribution is -0.114. The van der Waals surface area contributed by atoms with E-state index in [1.54, 1.807) is 18.2 Å². The third-order valence-electron chi connectivity index (χ3n) is 1.57. The molecular formula is C10H7BrN2O. The Morgan fingerprint density at radius 1 is 1.43 bits per heavy atom. The number of hydrogen-bond acceptors (Lipinski definition) is 2. The first kappa shape index (κ1) is 10.5. The Morgan fingerprint density at radius 2 is 2.00 bits per heavy atom. The van der Waals surface area contributed by atoms with E-state index in [4.69, 9.17) is 11.0 Å². The van der Waals surface area contributed by atoms with Crippen molar-refractivity contribution >= 4 is 27.9 Å². The zero-order valence-corrected chi connectivity index (χ0v) is 8.78. The monoisotopic (exact) mass is 250 g/mol. The number of nitriles is 1. The predicted molar refractivity (Wildman–Crippen MR) is 56.9 cm³/mol. The van der Waals surface area contributed by atoms with Gasteiger partial charge in [-0.25, -0.2) is 0 Å². The molecule has 0 fully saturated rings. The zero-order valence-electron chi connectivity index (χ0n) is 7.20. The summed E-state index contributed by atoms with van der Waals surface area (Å²) in [5.41, 5.74) is 5.70. The van der Waals surface area contributed by atoms with Crippen LogP contribution < -0.4 is 5.73 Å². The Bertz CT molecular complexity index is 415. The highest BCUT2D eigenvalue weighted by atomic mass is 79.9. The van der Waals surface area contributed by atoms with Crippen LogP contribution in [0.5, 0.6) is 0 Å². The van der Waals surface area contributed by atoms with E-state index in [1.165, 1.54) is 6.08 Å². The van der Waals surface area contributed by atoms with Crippen LogP contribution in [-0.2, 0) is 4.79 Å². The van der Waals surface area contributed by atoms with E-state index < -0.39 is 5.91 Å². The maximum atomic E-state index is 10.7. The predicted octanol–water partition coefficient (Wildman–Crippen LogP) is 1.84. The van der Waals surface area contributed by atoms with E-state index in [9.17, 15) is 4.79 Å². The second-order valence-corrected chi connectivity index (χ2v) is 3.50. The Balaban J connectivity index is 3.03. The zero-order chi connectivity index (χ0) is 10.6. The summed E-state index contributed by atoms with van der Waals surface area (Å²) in [4.78, 5) is 10.7. The molecule has 14 heavy (non-hydrogen) atoms. The van der Waals surface area contributed by atoms with Crippen LogP contribution in [0.3, 0.4) is 0 Å². The van der Waals surface area contributed by atoms with Crippen LogP contribution in [0.15, 0.2) is 34.3 Å². The number of nitrogens with zero attached hydrogens (tertiary/aromatic N) is 1. The normalized spacial score (nSPS) is 10.7. The molecule has 0 atom stereocenters. The molecule has 0 saturated heterocycles. The van der Waals surface area contributed by atoms with Gasteiger partial charge in [-0.3, -0.25) is 4.79 Å². The van der Waals surface area contributed by atoms with E-state index in [-0.39, 0.29) is 5.57 Å². The Morgan fingerprint density at radius 3 is 2.43 bits per heavy atom. The lowest BCUT2D eigenvalue weighted by Gasteiger charge is -1.94. The van der Waals surface area contributed by atoms with Crippen molar-refractivity contribution in [1.82, 2.24) is 0 Å². The summed E-state index contributed by atoms with van der Waals surface area (Å²) >= 11 is 3.28. The molecule has 0 saturated carbocycles. The van der Waals surface area contributed by atoms with Gasteiger partial charge in [-0.15, -0.1) is 0 Å². The number of carbonyl (C=O) groups is 1. The molecule has 0 radical (unpaired) electrons. The first-order valence-electron chi connectivity index (χ1n) is 3.80. The van der Waals surface area contributed by atoms with Crippen LogP contribution in [0.25, 0.3) is 6.08 Å². The fourth-order valence-corrected chi connectivity index (χ4v) is 1.15. The van der Waals surface area contributed by atoms with E-state index in [0.29, 0.717) is 0 Å². The van der Waals surface area contributed by atoms with Crippen LogP contribution in [-0.4, -0.2) is 5.91 Å². The Kier molecular flexibility index (Phi) is 3.43.